The van der Waals surface area contributed by atoms with E-state index in [0.29, 0.717) is 6.54 Å². The summed E-state index contributed by atoms with van der Waals surface area (Å²) >= 11 is 0. The standard InChI is InChI=1S/C39H63N5O5/c1-8-10-20-30(33(45)35(47)40-25-9-2)41-34(46)32-28(4)27(3)26-44(32)36(48)31(29-18-13-11-14-19-29)42-37(49)43-39(22-15-12-16-23-39)24-17-21-38(5,6)7/h1,9,27-32H,2,10-26H2,3-7H3,(H,40,47)(H,41,46)(H2,42,43,49)/t27-,28-,30?,31-,32-/m0/s1. The van der Waals surface area contributed by atoms with Gasteiger partial charge < -0.3 is 26.2 Å². The van der Waals surface area contributed by atoms with Gasteiger partial charge in [-0.2, -0.15) is 0 Å². The van der Waals surface area contributed by atoms with Crippen molar-refractivity contribution in [1.29, 1.82) is 0 Å². The largest absolute Gasteiger partial charge is 0.346 e. The van der Waals surface area contributed by atoms with Gasteiger partial charge in [0.15, 0.2) is 0 Å². The molecule has 5 atom stereocenters. The van der Waals surface area contributed by atoms with Gasteiger partial charge >= 0.3 is 6.03 Å². The molecule has 3 aliphatic rings. The number of ketones is 1. The van der Waals surface area contributed by atoms with Gasteiger partial charge in [-0.3, -0.25) is 19.2 Å². The summed E-state index contributed by atoms with van der Waals surface area (Å²) in [6, 6.07) is -3.07. The number of nitrogens with zero attached hydrogens (tertiary/aromatic N) is 1. The van der Waals surface area contributed by atoms with Gasteiger partial charge in [-0.05, 0) is 68.1 Å². The maximum atomic E-state index is 14.6. The molecule has 274 valence electrons. The average molecular weight is 682 g/mol. The molecule has 3 rings (SSSR count). The Morgan fingerprint density at radius 3 is 2.27 bits per heavy atom. The van der Waals surface area contributed by atoms with E-state index in [2.05, 4.69) is 54.5 Å². The predicted octanol–water partition coefficient (Wildman–Crippen LogP) is 5.41. The number of Topliss-reactive ketones (excluding diaryl/α,β-unsaturated/α-hetero) is 1. The Morgan fingerprint density at radius 2 is 1.65 bits per heavy atom. The van der Waals surface area contributed by atoms with Gasteiger partial charge in [0.2, 0.25) is 17.6 Å². The fraction of sp³-hybridized carbons (Fsp3) is 0.769. The SMILES string of the molecule is C#CCCC(NC(=O)[C@@H]1[C@@H](C)[C@@H](C)CN1C(=O)[C@@H](NC(=O)NC1(CCCC(C)(C)C)CCCCC1)C1CCCCC1)C(=O)C(=O)NCC=C. The lowest BCUT2D eigenvalue weighted by Gasteiger charge is -2.40. The van der Waals surface area contributed by atoms with E-state index in [-0.39, 0.29) is 60.0 Å². The van der Waals surface area contributed by atoms with Crippen LogP contribution in [0.25, 0.3) is 0 Å². The Hall–Kier alpha value is -3.35. The Kier molecular flexibility index (Phi) is 15.2. The number of likely N-dealkylation sites (tertiary alicyclic amines) is 1. The van der Waals surface area contributed by atoms with Gasteiger partial charge in [0.25, 0.3) is 5.91 Å². The van der Waals surface area contributed by atoms with Crippen molar-refractivity contribution in [3.05, 3.63) is 12.7 Å². The zero-order valence-electron chi connectivity index (χ0n) is 30.8. The first-order chi connectivity index (χ1) is 23.2. The first kappa shape index (κ1) is 40.1. The summed E-state index contributed by atoms with van der Waals surface area (Å²) in [5, 5.41) is 11.8. The molecule has 10 heteroatoms. The van der Waals surface area contributed by atoms with E-state index in [1.807, 2.05) is 13.8 Å². The minimum absolute atomic E-state index is 0.00427. The zero-order valence-corrected chi connectivity index (χ0v) is 30.8. The maximum Gasteiger partial charge on any atom is 0.315 e. The van der Waals surface area contributed by atoms with Crippen LogP contribution >= 0.6 is 0 Å². The lowest BCUT2D eigenvalue weighted by molar-refractivity contribution is -0.144. The van der Waals surface area contributed by atoms with Crippen LogP contribution in [0.5, 0.6) is 0 Å². The number of terminal acetylenes is 1. The number of nitrogens with one attached hydrogen (secondary N) is 4. The maximum absolute atomic E-state index is 14.6. The van der Waals surface area contributed by atoms with E-state index >= 15 is 0 Å². The van der Waals surface area contributed by atoms with Crippen molar-refractivity contribution in [3.63, 3.8) is 0 Å². The summed E-state index contributed by atoms with van der Waals surface area (Å²) in [7, 11) is 0. The molecular formula is C39H63N5O5. The van der Waals surface area contributed by atoms with Gasteiger partial charge in [0.05, 0.1) is 6.04 Å². The first-order valence-electron chi connectivity index (χ1n) is 18.8. The van der Waals surface area contributed by atoms with Gasteiger partial charge in [-0.1, -0.05) is 85.6 Å². The van der Waals surface area contributed by atoms with Crippen molar-refractivity contribution in [2.75, 3.05) is 13.1 Å². The van der Waals surface area contributed by atoms with Crippen molar-refractivity contribution in [1.82, 2.24) is 26.2 Å². The Balaban J connectivity index is 1.83. The Bertz CT molecular complexity index is 1210. The number of urea groups is 1. The van der Waals surface area contributed by atoms with Gasteiger partial charge in [0.1, 0.15) is 12.1 Å². The third-order valence-electron chi connectivity index (χ3n) is 11.1. The van der Waals surface area contributed by atoms with Crippen LogP contribution in [0.1, 0.15) is 131 Å². The van der Waals surface area contributed by atoms with Crippen molar-refractivity contribution in [2.24, 2.45) is 23.2 Å². The van der Waals surface area contributed by atoms with Crippen LogP contribution in [0.3, 0.4) is 0 Å². The molecule has 5 amide bonds. The van der Waals surface area contributed by atoms with Crippen molar-refractivity contribution < 1.29 is 24.0 Å². The van der Waals surface area contributed by atoms with Gasteiger partial charge in [0, 0.05) is 25.0 Å². The topological polar surface area (TPSA) is 137 Å². The van der Waals surface area contributed by atoms with Crippen LogP contribution in [0, 0.1) is 35.5 Å². The normalized spacial score (nSPS) is 23.8. The highest BCUT2D eigenvalue weighted by Gasteiger charge is 2.48. The van der Waals surface area contributed by atoms with E-state index in [4.69, 9.17) is 6.42 Å². The number of carbonyl (C=O) groups is 5. The third-order valence-corrected chi connectivity index (χ3v) is 11.1. The van der Waals surface area contributed by atoms with E-state index in [9.17, 15) is 24.0 Å². The highest BCUT2D eigenvalue weighted by Crippen LogP contribution is 2.36. The molecule has 1 heterocycles. The first-order valence-corrected chi connectivity index (χ1v) is 18.8. The van der Waals surface area contributed by atoms with Crippen LogP contribution in [-0.2, 0) is 19.2 Å². The minimum Gasteiger partial charge on any atom is -0.346 e. The van der Waals surface area contributed by atoms with E-state index in [1.165, 1.54) is 6.08 Å². The van der Waals surface area contributed by atoms with Crippen LogP contribution in [0.15, 0.2) is 12.7 Å². The third kappa shape index (κ3) is 11.6. The lowest BCUT2D eigenvalue weighted by atomic mass is 9.76. The van der Waals surface area contributed by atoms with Crippen LogP contribution in [0.4, 0.5) is 4.79 Å². The number of amides is 5. The second-order valence-corrected chi connectivity index (χ2v) is 16.2. The van der Waals surface area contributed by atoms with E-state index in [0.717, 1.165) is 83.5 Å². The Morgan fingerprint density at radius 1 is 1.00 bits per heavy atom. The number of hydrogen-bond acceptors (Lipinski definition) is 5. The molecule has 0 spiro atoms. The van der Waals surface area contributed by atoms with Gasteiger partial charge in [-0.15, -0.1) is 18.9 Å². The molecule has 0 aromatic heterocycles. The smallest absolute Gasteiger partial charge is 0.315 e. The summed E-state index contributed by atoms with van der Waals surface area (Å²) in [5.41, 5.74) is -0.0687. The quantitative estimate of drug-likeness (QED) is 0.104. The molecule has 1 aliphatic heterocycles. The van der Waals surface area contributed by atoms with E-state index < -0.39 is 35.7 Å². The highest BCUT2D eigenvalue weighted by atomic mass is 16.2. The van der Waals surface area contributed by atoms with Crippen LogP contribution < -0.4 is 21.3 Å². The van der Waals surface area contributed by atoms with E-state index in [1.54, 1.807) is 4.90 Å². The molecule has 1 saturated heterocycles. The minimum atomic E-state index is -1.13. The summed E-state index contributed by atoms with van der Waals surface area (Å²) in [4.78, 5) is 69.6. The molecule has 10 nitrogen and oxygen atoms in total. The number of rotatable bonds is 15. The van der Waals surface area contributed by atoms with Crippen LogP contribution in [0.2, 0.25) is 0 Å². The second kappa shape index (κ2) is 18.6. The summed E-state index contributed by atoms with van der Waals surface area (Å²) in [6.07, 6.45) is 20.1. The zero-order chi connectivity index (χ0) is 36.2. The Labute approximate surface area is 295 Å². The fourth-order valence-electron chi connectivity index (χ4n) is 8.02. The average Bonchev–Trinajstić information content (AvgIpc) is 3.37. The molecule has 0 aromatic carbocycles. The molecule has 2 saturated carbocycles. The summed E-state index contributed by atoms with van der Waals surface area (Å²) in [5.74, 6) is -0.151. The molecule has 0 aromatic rings. The predicted molar refractivity (Wildman–Crippen MR) is 193 cm³/mol. The van der Waals surface area contributed by atoms with Gasteiger partial charge in [-0.25, -0.2) is 4.79 Å². The molecule has 49 heavy (non-hydrogen) atoms. The fourth-order valence-corrected chi connectivity index (χ4v) is 8.02. The monoisotopic (exact) mass is 681 g/mol. The summed E-state index contributed by atoms with van der Waals surface area (Å²) < 4.78 is 0. The van der Waals surface area contributed by atoms with Crippen molar-refractivity contribution in [3.8, 4) is 12.3 Å². The molecule has 3 fully saturated rings. The molecule has 2 aliphatic carbocycles. The van der Waals surface area contributed by atoms with Crippen molar-refractivity contribution >= 4 is 29.5 Å². The number of carbonyl (C=O) groups excluding carboxylic acids is 5. The highest BCUT2D eigenvalue weighted by molar-refractivity contribution is 6.38. The molecule has 0 radical (unpaired) electrons. The lowest BCUT2D eigenvalue weighted by Crippen LogP contribution is -2.61. The molecule has 4 N–H and O–H groups in total. The molecular weight excluding hydrogens is 618 g/mol. The van der Waals surface area contributed by atoms with Crippen LogP contribution in [-0.4, -0.2) is 71.2 Å². The number of hydrogen-bond donors (Lipinski definition) is 4. The molecule has 1 unspecified atom stereocenters. The molecule has 0 bridgehead atoms. The second-order valence-electron chi connectivity index (χ2n) is 16.2. The summed E-state index contributed by atoms with van der Waals surface area (Å²) in [6.45, 7) is 14.7. The van der Waals surface area contributed by atoms with Crippen molar-refractivity contribution in [2.45, 2.75) is 155 Å².